The molecule has 0 unspecified atom stereocenters. The monoisotopic (exact) mass is 252 g/mol. The molecule has 0 aromatic carbocycles. The van der Waals surface area contributed by atoms with E-state index in [1.165, 1.54) is 18.3 Å². The molecule has 2 rings (SSSR count). The molecule has 1 aromatic rings. The number of aliphatic carboxylic acids is 1. The molecule has 0 spiro atoms. The lowest BCUT2D eigenvalue weighted by atomic mass is 9.75. The van der Waals surface area contributed by atoms with Crippen molar-refractivity contribution in [1.82, 2.24) is 10.3 Å². The van der Waals surface area contributed by atoms with Crippen LogP contribution < -0.4 is 5.32 Å². The van der Waals surface area contributed by atoms with Gasteiger partial charge in [-0.05, 0) is 30.9 Å². The van der Waals surface area contributed by atoms with Crippen LogP contribution in [0.5, 0.6) is 0 Å². The highest BCUT2D eigenvalue weighted by Crippen LogP contribution is 2.33. The highest BCUT2D eigenvalue weighted by molar-refractivity contribution is 5.92. The molecule has 6 heteroatoms. The van der Waals surface area contributed by atoms with Crippen LogP contribution in [0.1, 0.15) is 23.3 Å². The van der Waals surface area contributed by atoms with Gasteiger partial charge in [0.15, 0.2) is 11.5 Å². The molecule has 0 aliphatic heterocycles. The van der Waals surface area contributed by atoms with Crippen molar-refractivity contribution in [3.05, 3.63) is 29.8 Å². The summed E-state index contributed by atoms with van der Waals surface area (Å²) in [5.41, 5.74) is -0.230. The van der Waals surface area contributed by atoms with Gasteiger partial charge in [0.2, 0.25) is 0 Å². The largest absolute Gasteiger partial charge is 0.481 e. The van der Waals surface area contributed by atoms with E-state index in [9.17, 15) is 14.0 Å². The Morgan fingerprint density at radius 1 is 1.50 bits per heavy atom. The van der Waals surface area contributed by atoms with Gasteiger partial charge in [0, 0.05) is 12.7 Å². The Labute approximate surface area is 103 Å². The summed E-state index contributed by atoms with van der Waals surface area (Å²) in [6.07, 6.45) is 2.46. The van der Waals surface area contributed by atoms with Crippen LogP contribution in [-0.2, 0) is 4.79 Å². The smallest absolute Gasteiger partial charge is 0.306 e. The lowest BCUT2D eigenvalue weighted by molar-refractivity contribution is -0.146. The van der Waals surface area contributed by atoms with Crippen molar-refractivity contribution in [2.24, 2.45) is 11.8 Å². The second-order valence-electron chi connectivity index (χ2n) is 4.42. The van der Waals surface area contributed by atoms with Crippen molar-refractivity contribution >= 4 is 11.9 Å². The number of nitrogens with one attached hydrogen (secondary N) is 1. The Morgan fingerprint density at radius 3 is 2.83 bits per heavy atom. The summed E-state index contributed by atoms with van der Waals surface area (Å²) < 4.78 is 13.2. The Balaban J connectivity index is 1.80. The lowest BCUT2D eigenvalue weighted by Gasteiger charge is -2.32. The van der Waals surface area contributed by atoms with E-state index in [2.05, 4.69) is 10.3 Å². The Morgan fingerprint density at radius 2 is 2.22 bits per heavy atom. The van der Waals surface area contributed by atoms with Gasteiger partial charge in [0.05, 0.1) is 5.92 Å². The van der Waals surface area contributed by atoms with Crippen molar-refractivity contribution in [2.45, 2.75) is 12.8 Å². The van der Waals surface area contributed by atoms with Crippen LogP contribution >= 0.6 is 0 Å². The number of carboxylic acid groups (broad SMARTS) is 1. The lowest BCUT2D eigenvalue weighted by Crippen LogP contribution is -2.39. The average molecular weight is 252 g/mol. The van der Waals surface area contributed by atoms with Crippen LogP contribution in [0.3, 0.4) is 0 Å². The van der Waals surface area contributed by atoms with Gasteiger partial charge >= 0.3 is 5.97 Å². The molecule has 5 nitrogen and oxygen atoms in total. The zero-order chi connectivity index (χ0) is 13.1. The van der Waals surface area contributed by atoms with Gasteiger partial charge in [-0.15, -0.1) is 0 Å². The van der Waals surface area contributed by atoms with Crippen LogP contribution in [0.15, 0.2) is 18.3 Å². The fraction of sp³-hybridized carbons (Fsp3) is 0.417. The van der Waals surface area contributed by atoms with E-state index in [0.29, 0.717) is 19.4 Å². The molecule has 0 saturated heterocycles. The molecule has 1 aromatic heterocycles. The zero-order valence-corrected chi connectivity index (χ0v) is 9.60. The van der Waals surface area contributed by atoms with E-state index >= 15 is 0 Å². The molecule has 1 heterocycles. The first-order chi connectivity index (χ1) is 8.58. The predicted molar refractivity (Wildman–Crippen MR) is 60.4 cm³/mol. The van der Waals surface area contributed by atoms with Crippen LogP contribution in [0.2, 0.25) is 0 Å². The summed E-state index contributed by atoms with van der Waals surface area (Å²) in [6, 6.07) is 2.58. The summed E-state index contributed by atoms with van der Waals surface area (Å²) in [6.45, 7) is 0.360. The minimum Gasteiger partial charge on any atom is -0.481 e. The number of carboxylic acids is 1. The van der Waals surface area contributed by atoms with E-state index in [1.807, 2.05) is 0 Å². The number of hydrogen-bond acceptors (Lipinski definition) is 3. The second-order valence-corrected chi connectivity index (χ2v) is 4.42. The van der Waals surface area contributed by atoms with Crippen LogP contribution in [0.25, 0.3) is 0 Å². The standard InChI is InChI=1S/C12H13FN2O3/c13-9-2-1-3-14-10(9)11(16)15-6-7-4-8(5-7)12(17)18/h1-3,7-8H,4-6H2,(H,15,16)(H,17,18). The molecule has 1 saturated carbocycles. The number of carbonyl (C=O) groups excluding carboxylic acids is 1. The number of amides is 1. The minimum absolute atomic E-state index is 0.154. The van der Waals surface area contributed by atoms with Crippen molar-refractivity contribution < 1.29 is 19.1 Å². The molecule has 1 amide bonds. The van der Waals surface area contributed by atoms with Gasteiger partial charge in [-0.1, -0.05) is 0 Å². The molecular formula is C12H13FN2O3. The van der Waals surface area contributed by atoms with Gasteiger partial charge in [-0.25, -0.2) is 9.37 Å². The summed E-state index contributed by atoms with van der Waals surface area (Å²) in [5.74, 6) is -2.17. The molecule has 2 N–H and O–H groups in total. The van der Waals surface area contributed by atoms with E-state index in [0.717, 1.165) is 0 Å². The van der Waals surface area contributed by atoms with Crippen molar-refractivity contribution in [3.8, 4) is 0 Å². The topological polar surface area (TPSA) is 79.3 Å². The molecule has 0 radical (unpaired) electrons. The molecular weight excluding hydrogens is 239 g/mol. The molecule has 1 aliphatic rings. The first kappa shape index (κ1) is 12.5. The van der Waals surface area contributed by atoms with Crippen LogP contribution in [0, 0.1) is 17.7 Å². The number of nitrogens with zero attached hydrogens (tertiary/aromatic N) is 1. The number of aromatic nitrogens is 1. The third-order valence-corrected chi connectivity index (χ3v) is 3.11. The quantitative estimate of drug-likeness (QED) is 0.839. The third kappa shape index (κ3) is 2.64. The number of pyridine rings is 1. The Bertz CT molecular complexity index is 472. The predicted octanol–water partition coefficient (Wildman–Crippen LogP) is 1.06. The van der Waals surface area contributed by atoms with E-state index < -0.39 is 17.7 Å². The summed E-state index contributed by atoms with van der Waals surface area (Å²) >= 11 is 0. The van der Waals surface area contributed by atoms with Crippen LogP contribution in [0.4, 0.5) is 4.39 Å². The van der Waals surface area contributed by atoms with Crippen molar-refractivity contribution in [2.75, 3.05) is 6.54 Å². The van der Waals surface area contributed by atoms with Gasteiger partial charge in [0.1, 0.15) is 0 Å². The Hall–Kier alpha value is -1.98. The SMILES string of the molecule is O=C(NCC1CC(C(=O)O)C1)c1ncccc1F. The average Bonchev–Trinajstić information content (AvgIpc) is 2.26. The number of carbonyl (C=O) groups is 2. The fourth-order valence-electron chi connectivity index (χ4n) is 1.98. The third-order valence-electron chi connectivity index (χ3n) is 3.11. The van der Waals surface area contributed by atoms with Gasteiger partial charge in [-0.3, -0.25) is 9.59 Å². The van der Waals surface area contributed by atoms with Crippen molar-refractivity contribution in [1.29, 1.82) is 0 Å². The molecule has 0 atom stereocenters. The maximum absolute atomic E-state index is 13.2. The molecule has 1 aliphatic carbocycles. The number of hydrogen-bond donors (Lipinski definition) is 2. The molecule has 18 heavy (non-hydrogen) atoms. The zero-order valence-electron chi connectivity index (χ0n) is 9.60. The first-order valence-electron chi connectivity index (χ1n) is 5.69. The summed E-state index contributed by atoms with van der Waals surface area (Å²) in [5, 5.41) is 11.3. The van der Waals surface area contributed by atoms with E-state index in [1.54, 1.807) is 0 Å². The number of rotatable bonds is 4. The van der Waals surface area contributed by atoms with E-state index in [-0.39, 0.29) is 17.5 Å². The first-order valence-corrected chi connectivity index (χ1v) is 5.69. The van der Waals surface area contributed by atoms with Gasteiger partial charge < -0.3 is 10.4 Å². The fourth-order valence-corrected chi connectivity index (χ4v) is 1.98. The van der Waals surface area contributed by atoms with E-state index in [4.69, 9.17) is 5.11 Å². The second kappa shape index (κ2) is 5.12. The normalized spacial score (nSPS) is 22.1. The Kier molecular flexibility index (Phi) is 3.55. The highest BCUT2D eigenvalue weighted by atomic mass is 19.1. The van der Waals surface area contributed by atoms with Gasteiger partial charge in [-0.2, -0.15) is 0 Å². The molecule has 0 bridgehead atoms. The highest BCUT2D eigenvalue weighted by Gasteiger charge is 2.34. The van der Waals surface area contributed by atoms with Crippen LogP contribution in [-0.4, -0.2) is 28.5 Å². The minimum atomic E-state index is -0.798. The molecule has 96 valence electrons. The molecule has 1 fully saturated rings. The summed E-state index contributed by atoms with van der Waals surface area (Å²) in [4.78, 5) is 25.8. The number of halogens is 1. The summed E-state index contributed by atoms with van der Waals surface area (Å²) in [7, 11) is 0. The maximum Gasteiger partial charge on any atom is 0.306 e. The maximum atomic E-state index is 13.2. The van der Waals surface area contributed by atoms with Crippen molar-refractivity contribution in [3.63, 3.8) is 0 Å². The van der Waals surface area contributed by atoms with Gasteiger partial charge in [0.25, 0.3) is 5.91 Å².